The number of Topliss-reactive ketones (excluding diaryl/α,β-unsaturated/α-hetero) is 1. The van der Waals surface area contributed by atoms with Crippen molar-refractivity contribution in [2.45, 2.75) is 18.8 Å². The van der Waals surface area contributed by atoms with Gasteiger partial charge in [-0.25, -0.2) is 4.39 Å². The normalized spacial score (nSPS) is 16.6. The molecule has 19 heavy (non-hydrogen) atoms. The van der Waals surface area contributed by atoms with Crippen LogP contribution in [0, 0.1) is 5.82 Å². The second-order valence-corrected chi connectivity index (χ2v) is 5.26. The van der Waals surface area contributed by atoms with Crippen LogP contribution in [-0.4, -0.2) is 5.78 Å². The molecule has 0 N–H and O–H groups in total. The number of carbonyl (C=O) groups is 1. The van der Waals surface area contributed by atoms with Gasteiger partial charge in [-0.2, -0.15) is 0 Å². The van der Waals surface area contributed by atoms with Crippen LogP contribution in [0.1, 0.15) is 33.8 Å². The second-order valence-electron chi connectivity index (χ2n) is 4.85. The number of carbonyl (C=O) groups excluding carboxylic acids is 1. The molecule has 2 aromatic rings. The lowest BCUT2D eigenvalue weighted by Gasteiger charge is -2.29. The van der Waals surface area contributed by atoms with E-state index in [0.29, 0.717) is 12.0 Å². The quantitative estimate of drug-likeness (QED) is 0.759. The van der Waals surface area contributed by atoms with Crippen LogP contribution in [-0.2, 0) is 6.42 Å². The Balaban J connectivity index is 1.77. The fraction of sp³-hybridized carbons (Fsp3) is 0.188. The highest BCUT2D eigenvalue weighted by Crippen LogP contribution is 2.38. The van der Waals surface area contributed by atoms with Crippen molar-refractivity contribution in [3.8, 4) is 0 Å². The van der Waals surface area contributed by atoms with Gasteiger partial charge in [0.1, 0.15) is 5.82 Å². The van der Waals surface area contributed by atoms with E-state index in [9.17, 15) is 9.18 Å². The maximum absolute atomic E-state index is 13.0. The van der Waals surface area contributed by atoms with Crippen molar-refractivity contribution in [1.82, 2.24) is 0 Å². The van der Waals surface area contributed by atoms with Gasteiger partial charge in [0.25, 0.3) is 0 Å². The minimum Gasteiger partial charge on any atom is -0.294 e. The fourth-order valence-electron chi connectivity index (χ4n) is 2.59. The van der Waals surface area contributed by atoms with Gasteiger partial charge in [-0.15, -0.1) is 0 Å². The van der Waals surface area contributed by atoms with E-state index in [-0.39, 0.29) is 16.7 Å². The molecule has 0 spiro atoms. The maximum Gasteiger partial charge on any atom is 0.164 e. The summed E-state index contributed by atoms with van der Waals surface area (Å²) < 4.78 is 13.0. The summed E-state index contributed by atoms with van der Waals surface area (Å²) in [5.74, 6) is -0.176. The van der Waals surface area contributed by atoms with Gasteiger partial charge in [-0.1, -0.05) is 35.9 Å². The van der Waals surface area contributed by atoms with Crippen molar-refractivity contribution in [3.05, 3.63) is 70.0 Å². The summed E-state index contributed by atoms with van der Waals surface area (Å²) in [4.78, 5) is 12.2. The van der Waals surface area contributed by atoms with E-state index in [2.05, 4.69) is 12.1 Å². The highest BCUT2D eigenvalue weighted by atomic mass is 35.5. The second kappa shape index (κ2) is 4.78. The van der Waals surface area contributed by atoms with Crippen molar-refractivity contribution < 1.29 is 9.18 Å². The van der Waals surface area contributed by atoms with Crippen molar-refractivity contribution in [2.24, 2.45) is 0 Å². The van der Waals surface area contributed by atoms with Gasteiger partial charge in [0, 0.05) is 12.0 Å². The zero-order valence-corrected chi connectivity index (χ0v) is 11.0. The Morgan fingerprint density at radius 2 is 2.05 bits per heavy atom. The molecule has 0 bridgehead atoms. The molecule has 0 radical (unpaired) electrons. The molecule has 1 aliphatic rings. The molecule has 2 aromatic carbocycles. The highest BCUT2D eigenvalue weighted by molar-refractivity contribution is 6.34. The molecule has 1 unspecified atom stereocenters. The number of benzene rings is 2. The number of halogens is 2. The highest BCUT2D eigenvalue weighted by Gasteiger charge is 2.28. The molecule has 1 atom stereocenters. The Bertz CT molecular complexity index is 651. The van der Waals surface area contributed by atoms with E-state index in [0.717, 1.165) is 6.42 Å². The van der Waals surface area contributed by atoms with Gasteiger partial charge in [0.2, 0.25) is 0 Å². The van der Waals surface area contributed by atoms with Gasteiger partial charge in [0.05, 0.1) is 5.02 Å². The summed E-state index contributed by atoms with van der Waals surface area (Å²) in [5, 5.41) is 0.192. The van der Waals surface area contributed by atoms with Crippen LogP contribution in [0.5, 0.6) is 0 Å². The molecule has 0 aromatic heterocycles. The number of rotatable bonds is 3. The number of fused-ring (bicyclic) bond motifs is 1. The zero-order chi connectivity index (χ0) is 13.4. The number of hydrogen-bond acceptors (Lipinski definition) is 1. The lowest BCUT2D eigenvalue weighted by molar-refractivity contribution is 0.0970. The van der Waals surface area contributed by atoms with Crippen LogP contribution in [0.25, 0.3) is 0 Å². The van der Waals surface area contributed by atoms with E-state index in [4.69, 9.17) is 11.6 Å². The van der Waals surface area contributed by atoms with E-state index >= 15 is 0 Å². The minimum absolute atomic E-state index is 0.0236. The van der Waals surface area contributed by atoms with Gasteiger partial charge in [-0.05, 0) is 41.7 Å². The zero-order valence-electron chi connectivity index (χ0n) is 10.2. The lowest BCUT2D eigenvalue weighted by atomic mass is 9.74. The van der Waals surface area contributed by atoms with Crippen molar-refractivity contribution >= 4 is 17.4 Å². The van der Waals surface area contributed by atoms with Crippen LogP contribution in [0.15, 0.2) is 42.5 Å². The topological polar surface area (TPSA) is 17.1 Å². The van der Waals surface area contributed by atoms with E-state index in [1.165, 1.54) is 29.3 Å². The fourth-order valence-corrected chi connectivity index (χ4v) is 2.87. The summed E-state index contributed by atoms with van der Waals surface area (Å²) in [6.45, 7) is 0. The third-order valence-corrected chi connectivity index (χ3v) is 3.94. The summed E-state index contributed by atoms with van der Waals surface area (Å²) in [6, 6.07) is 12.1. The molecule has 0 amide bonds. The Morgan fingerprint density at radius 3 is 2.79 bits per heavy atom. The van der Waals surface area contributed by atoms with Crippen LogP contribution >= 0.6 is 11.6 Å². The molecular weight excluding hydrogens is 263 g/mol. The van der Waals surface area contributed by atoms with Crippen molar-refractivity contribution in [1.29, 1.82) is 0 Å². The summed E-state index contributed by atoms with van der Waals surface area (Å²) in [7, 11) is 0. The third kappa shape index (κ3) is 2.28. The van der Waals surface area contributed by atoms with Crippen LogP contribution in [0.3, 0.4) is 0 Å². The smallest absolute Gasteiger partial charge is 0.164 e. The van der Waals surface area contributed by atoms with Gasteiger partial charge >= 0.3 is 0 Å². The number of hydrogen-bond donors (Lipinski definition) is 0. The molecule has 3 heteroatoms. The van der Waals surface area contributed by atoms with E-state index in [1.54, 1.807) is 0 Å². The van der Waals surface area contributed by atoms with Gasteiger partial charge in [0.15, 0.2) is 5.78 Å². The molecule has 96 valence electrons. The van der Waals surface area contributed by atoms with Crippen molar-refractivity contribution in [2.75, 3.05) is 0 Å². The third-order valence-electron chi connectivity index (χ3n) is 3.62. The molecule has 0 aliphatic heterocycles. The molecule has 0 saturated carbocycles. The Morgan fingerprint density at radius 1 is 1.26 bits per heavy atom. The van der Waals surface area contributed by atoms with E-state index < -0.39 is 5.82 Å². The first kappa shape index (κ1) is 12.4. The number of ketones is 1. The van der Waals surface area contributed by atoms with Crippen LogP contribution < -0.4 is 0 Å². The molecule has 0 fully saturated rings. The lowest BCUT2D eigenvalue weighted by Crippen LogP contribution is -2.20. The Kier molecular flexibility index (Phi) is 3.11. The van der Waals surface area contributed by atoms with Gasteiger partial charge in [-0.3, -0.25) is 4.79 Å². The average Bonchev–Trinajstić information content (AvgIpc) is 2.35. The first-order valence-corrected chi connectivity index (χ1v) is 6.59. The van der Waals surface area contributed by atoms with Crippen molar-refractivity contribution in [3.63, 3.8) is 0 Å². The van der Waals surface area contributed by atoms with Crippen LogP contribution in [0.2, 0.25) is 5.02 Å². The Hall–Kier alpha value is -1.67. The summed E-state index contributed by atoms with van der Waals surface area (Å²) in [5.41, 5.74) is 2.96. The molecule has 1 nitrogen and oxygen atoms in total. The molecule has 3 rings (SSSR count). The first-order valence-electron chi connectivity index (χ1n) is 6.21. The molecule has 1 aliphatic carbocycles. The minimum atomic E-state index is -0.421. The largest absolute Gasteiger partial charge is 0.294 e. The summed E-state index contributed by atoms with van der Waals surface area (Å²) >= 11 is 5.91. The van der Waals surface area contributed by atoms with Crippen LogP contribution in [0.4, 0.5) is 4.39 Å². The predicted molar refractivity (Wildman–Crippen MR) is 73.2 cm³/mol. The molecular formula is C16H12ClFO. The SMILES string of the molecule is O=C(CC1Cc2ccccc21)c1ccc(F)cc1Cl. The monoisotopic (exact) mass is 274 g/mol. The Labute approximate surface area is 116 Å². The molecule has 0 heterocycles. The first-order chi connectivity index (χ1) is 9.15. The molecule has 0 saturated heterocycles. The van der Waals surface area contributed by atoms with Gasteiger partial charge < -0.3 is 0 Å². The summed E-state index contributed by atoms with van der Waals surface area (Å²) in [6.07, 6.45) is 1.36. The maximum atomic E-state index is 13.0. The van der Waals surface area contributed by atoms with E-state index in [1.807, 2.05) is 12.1 Å². The standard InChI is InChI=1S/C16H12ClFO/c17-15-9-12(18)5-6-14(15)16(19)8-11-7-10-3-1-2-4-13(10)11/h1-6,9,11H,7-8H2. The predicted octanol–water partition coefficient (Wildman–Crippen LogP) is 4.39. The average molecular weight is 275 g/mol.